The van der Waals surface area contributed by atoms with Crippen LogP contribution in [0.1, 0.15) is 19.4 Å². The first-order valence-electron chi connectivity index (χ1n) is 5.33. The summed E-state index contributed by atoms with van der Waals surface area (Å²) in [6.07, 6.45) is 0. The maximum absolute atomic E-state index is 5.70. The molecule has 0 heterocycles. The van der Waals surface area contributed by atoms with E-state index in [2.05, 4.69) is 59.8 Å². The normalized spacial score (nSPS) is 12.6. The van der Waals surface area contributed by atoms with E-state index in [0.29, 0.717) is 12.6 Å². The Morgan fingerprint density at radius 2 is 2.13 bits per heavy atom. The second-order valence-corrected chi connectivity index (χ2v) is 4.66. The fraction of sp³-hybridized carbons (Fsp3) is 0.500. The van der Waals surface area contributed by atoms with Gasteiger partial charge in [-0.05, 0) is 38.5 Å². The number of benzene rings is 1. The number of likely N-dealkylation sites (N-methyl/N-ethyl adjacent to an activating group) is 1. The molecule has 0 amide bonds. The van der Waals surface area contributed by atoms with Crippen LogP contribution in [-0.4, -0.2) is 19.1 Å². The molecular weight excluding hydrogens is 252 g/mol. The minimum atomic E-state index is 0.379. The predicted molar refractivity (Wildman–Crippen MR) is 70.4 cm³/mol. The van der Waals surface area contributed by atoms with Gasteiger partial charge in [-0.1, -0.05) is 22.0 Å². The van der Waals surface area contributed by atoms with Crippen molar-refractivity contribution in [2.24, 2.45) is 5.73 Å². The Morgan fingerprint density at radius 1 is 1.47 bits per heavy atom. The molecule has 1 aromatic carbocycles. The molecule has 0 radical (unpaired) electrons. The first-order chi connectivity index (χ1) is 7.10. The van der Waals surface area contributed by atoms with Gasteiger partial charge in [0, 0.05) is 29.3 Å². The molecule has 0 bridgehead atoms. The third-order valence-corrected chi connectivity index (χ3v) is 3.56. The molecule has 0 aliphatic carbocycles. The number of rotatable bonds is 4. The van der Waals surface area contributed by atoms with E-state index in [0.717, 1.165) is 11.0 Å². The van der Waals surface area contributed by atoms with Crippen LogP contribution >= 0.6 is 15.9 Å². The molecule has 0 saturated carbocycles. The number of anilines is 1. The smallest absolute Gasteiger partial charge is 0.0383 e. The van der Waals surface area contributed by atoms with E-state index < -0.39 is 0 Å². The summed E-state index contributed by atoms with van der Waals surface area (Å²) in [6.45, 7) is 8.06. The van der Waals surface area contributed by atoms with Crippen LogP contribution in [0.3, 0.4) is 0 Å². The average molecular weight is 271 g/mol. The second kappa shape index (κ2) is 5.52. The van der Waals surface area contributed by atoms with Gasteiger partial charge in [0.1, 0.15) is 0 Å². The summed E-state index contributed by atoms with van der Waals surface area (Å²) in [7, 11) is 0. The number of hydrogen-bond donors (Lipinski definition) is 1. The van der Waals surface area contributed by atoms with Gasteiger partial charge in [-0.15, -0.1) is 0 Å². The van der Waals surface area contributed by atoms with Crippen molar-refractivity contribution in [3.8, 4) is 0 Å². The zero-order valence-electron chi connectivity index (χ0n) is 9.63. The van der Waals surface area contributed by atoms with E-state index in [9.17, 15) is 0 Å². The highest BCUT2D eigenvalue weighted by molar-refractivity contribution is 9.10. The van der Waals surface area contributed by atoms with Crippen LogP contribution in [0, 0.1) is 6.92 Å². The Bertz CT molecular complexity index is 325. The molecule has 3 heteroatoms. The third kappa shape index (κ3) is 2.95. The number of hydrogen-bond acceptors (Lipinski definition) is 2. The summed E-state index contributed by atoms with van der Waals surface area (Å²) in [5.41, 5.74) is 8.19. The van der Waals surface area contributed by atoms with Crippen molar-refractivity contribution in [3.05, 3.63) is 28.2 Å². The molecule has 0 fully saturated rings. The fourth-order valence-electron chi connectivity index (χ4n) is 1.64. The maximum atomic E-state index is 5.70. The van der Waals surface area contributed by atoms with Crippen molar-refractivity contribution in [1.29, 1.82) is 0 Å². The number of nitrogens with zero attached hydrogens (tertiary/aromatic N) is 1. The van der Waals surface area contributed by atoms with Gasteiger partial charge >= 0.3 is 0 Å². The highest BCUT2D eigenvalue weighted by Crippen LogP contribution is 2.24. The van der Waals surface area contributed by atoms with Gasteiger partial charge < -0.3 is 10.6 Å². The molecule has 0 aliphatic rings. The van der Waals surface area contributed by atoms with Gasteiger partial charge in [0.25, 0.3) is 0 Å². The number of aryl methyl sites for hydroxylation is 1. The van der Waals surface area contributed by atoms with E-state index in [4.69, 9.17) is 5.73 Å². The maximum Gasteiger partial charge on any atom is 0.0383 e. The van der Waals surface area contributed by atoms with Crippen LogP contribution in [0.2, 0.25) is 0 Å². The van der Waals surface area contributed by atoms with Gasteiger partial charge in [-0.2, -0.15) is 0 Å². The zero-order chi connectivity index (χ0) is 11.4. The summed E-state index contributed by atoms with van der Waals surface area (Å²) in [5.74, 6) is 0. The molecule has 0 aliphatic heterocycles. The van der Waals surface area contributed by atoms with E-state index in [1.807, 2.05) is 0 Å². The van der Waals surface area contributed by atoms with Gasteiger partial charge in [0.2, 0.25) is 0 Å². The molecule has 1 rings (SSSR count). The van der Waals surface area contributed by atoms with Crippen molar-refractivity contribution < 1.29 is 0 Å². The van der Waals surface area contributed by atoms with Crippen molar-refractivity contribution >= 4 is 21.6 Å². The molecule has 0 saturated heterocycles. The monoisotopic (exact) mass is 270 g/mol. The van der Waals surface area contributed by atoms with Crippen molar-refractivity contribution in [2.75, 3.05) is 18.0 Å². The Labute approximate surface area is 101 Å². The number of halogens is 1. The molecule has 1 unspecified atom stereocenters. The average Bonchev–Trinajstić information content (AvgIpc) is 2.24. The van der Waals surface area contributed by atoms with E-state index in [1.54, 1.807) is 0 Å². The standard InChI is InChI=1S/C12H19BrN2/c1-4-15(10(3)8-14)11-6-5-9(2)12(13)7-11/h5-7,10H,4,8,14H2,1-3H3. The van der Waals surface area contributed by atoms with Crippen molar-refractivity contribution in [2.45, 2.75) is 26.8 Å². The van der Waals surface area contributed by atoms with Crippen LogP contribution in [0.15, 0.2) is 22.7 Å². The van der Waals surface area contributed by atoms with Crippen LogP contribution in [0.25, 0.3) is 0 Å². The van der Waals surface area contributed by atoms with Crippen LogP contribution in [-0.2, 0) is 0 Å². The molecule has 1 atom stereocenters. The van der Waals surface area contributed by atoms with Crippen molar-refractivity contribution in [1.82, 2.24) is 0 Å². The van der Waals surface area contributed by atoms with Crippen LogP contribution in [0.4, 0.5) is 5.69 Å². The SMILES string of the molecule is CCN(c1ccc(C)c(Br)c1)C(C)CN. The molecular formula is C12H19BrN2. The minimum absolute atomic E-state index is 0.379. The topological polar surface area (TPSA) is 29.3 Å². The minimum Gasteiger partial charge on any atom is -0.368 e. The Morgan fingerprint density at radius 3 is 2.60 bits per heavy atom. The lowest BCUT2D eigenvalue weighted by Gasteiger charge is -2.29. The largest absolute Gasteiger partial charge is 0.368 e. The second-order valence-electron chi connectivity index (χ2n) is 3.80. The first-order valence-corrected chi connectivity index (χ1v) is 6.12. The van der Waals surface area contributed by atoms with E-state index in [1.165, 1.54) is 11.3 Å². The highest BCUT2D eigenvalue weighted by atomic mass is 79.9. The third-order valence-electron chi connectivity index (χ3n) is 2.70. The predicted octanol–water partition coefficient (Wildman–Crippen LogP) is 2.93. The highest BCUT2D eigenvalue weighted by Gasteiger charge is 2.11. The van der Waals surface area contributed by atoms with Crippen LogP contribution < -0.4 is 10.6 Å². The zero-order valence-corrected chi connectivity index (χ0v) is 11.2. The quantitative estimate of drug-likeness (QED) is 0.912. The van der Waals surface area contributed by atoms with Gasteiger partial charge in [0.15, 0.2) is 0 Å². The van der Waals surface area contributed by atoms with Gasteiger partial charge in [0.05, 0.1) is 0 Å². The number of nitrogens with two attached hydrogens (primary N) is 1. The van der Waals surface area contributed by atoms with Crippen LogP contribution in [0.5, 0.6) is 0 Å². The molecule has 15 heavy (non-hydrogen) atoms. The lowest BCUT2D eigenvalue weighted by Crippen LogP contribution is -2.38. The Kier molecular flexibility index (Phi) is 4.61. The summed E-state index contributed by atoms with van der Waals surface area (Å²) >= 11 is 3.56. The molecule has 2 nitrogen and oxygen atoms in total. The lowest BCUT2D eigenvalue weighted by molar-refractivity contribution is 0.657. The van der Waals surface area contributed by atoms with Gasteiger partial charge in [-0.3, -0.25) is 0 Å². The Balaban J connectivity index is 2.97. The summed E-state index contributed by atoms with van der Waals surface area (Å²) in [5, 5.41) is 0. The molecule has 84 valence electrons. The molecule has 2 N–H and O–H groups in total. The fourth-order valence-corrected chi connectivity index (χ4v) is 2.00. The molecule has 0 aromatic heterocycles. The lowest BCUT2D eigenvalue weighted by atomic mass is 10.2. The summed E-state index contributed by atoms with van der Waals surface area (Å²) in [6, 6.07) is 6.82. The molecule has 1 aromatic rings. The summed E-state index contributed by atoms with van der Waals surface area (Å²) < 4.78 is 1.16. The van der Waals surface area contributed by atoms with E-state index >= 15 is 0 Å². The van der Waals surface area contributed by atoms with Gasteiger partial charge in [-0.25, -0.2) is 0 Å². The summed E-state index contributed by atoms with van der Waals surface area (Å²) in [4.78, 5) is 2.31. The van der Waals surface area contributed by atoms with E-state index in [-0.39, 0.29) is 0 Å². The first kappa shape index (κ1) is 12.5. The Hall–Kier alpha value is -0.540. The molecule has 0 spiro atoms. The van der Waals surface area contributed by atoms with Crippen molar-refractivity contribution in [3.63, 3.8) is 0 Å².